The number of Topliss-reactive ketones (excluding diaryl/α,β-unsaturated/α-hetero) is 1. The first-order valence-electron chi connectivity index (χ1n) is 5.80. The summed E-state index contributed by atoms with van der Waals surface area (Å²) >= 11 is 6.11. The second-order valence-electron chi connectivity index (χ2n) is 4.60. The van der Waals surface area contributed by atoms with Crippen molar-refractivity contribution >= 4 is 17.4 Å². The molecule has 0 aromatic carbocycles. The van der Waals surface area contributed by atoms with Crippen LogP contribution in [0, 0.1) is 12.8 Å². The van der Waals surface area contributed by atoms with E-state index in [2.05, 4.69) is 5.10 Å². The van der Waals surface area contributed by atoms with Crippen molar-refractivity contribution in [3.8, 4) is 0 Å². The third kappa shape index (κ3) is 2.14. The Balaban J connectivity index is 2.11. The van der Waals surface area contributed by atoms with Crippen LogP contribution >= 0.6 is 11.6 Å². The summed E-state index contributed by atoms with van der Waals surface area (Å²) in [6, 6.07) is 0. The SMILES string of the molecule is Cc1nn(C)c(Cl)c1CC(=O)C1CCCC1. The number of carbonyl (C=O) groups is 1. The molecule has 0 unspecified atom stereocenters. The molecule has 16 heavy (non-hydrogen) atoms. The highest BCUT2D eigenvalue weighted by molar-refractivity contribution is 6.30. The Kier molecular flexibility index (Phi) is 3.33. The summed E-state index contributed by atoms with van der Waals surface area (Å²) in [6.07, 6.45) is 4.93. The number of halogens is 1. The van der Waals surface area contributed by atoms with Crippen LogP contribution in [0.3, 0.4) is 0 Å². The molecular formula is C12H17ClN2O. The number of rotatable bonds is 3. The third-order valence-corrected chi connectivity index (χ3v) is 3.90. The molecule has 3 nitrogen and oxygen atoms in total. The fourth-order valence-electron chi connectivity index (χ4n) is 2.44. The fourth-order valence-corrected chi connectivity index (χ4v) is 2.68. The van der Waals surface area contributed by atoms with E-state index in [0.717, 1.165) is 24.1 Å². The Morgan fingerprint density at radius 3 is 2.62 bits per heavy atom. The largest absolute Gasteiger partial charge is 0.299 e. The standard InChI is InChI=1S/C12H17ClN2O/c1-8-10(12(13)15(2)14-8)7-11(16)9-5-3-4-6-9/h9H,3-7H2,1-2H3. The van der Waals surface area contributed by atoms with Crippen LogP contribution in [0.1, 0.15) is 36.9 Å². The highest BCUT2D eigenvalue weighted by atomic mass is 35.5. The summed E-state index contributed by atoms with van der Waals surface area (Å²) in [5.41, 5.74) is 1.78. The number of aromatic nitrogens is 2. The van der Waals surface area contributed by atoms with Crippen molar-refractivity contribution in [2.45, 2.75) is 39.0 Å². The van der Waals surface area contributed by atoms with Gasteiger partial charge in [0.1, 0.15) is 10.9 Å². The van der Waals surface area contributed by atoms with Crippen LogP contribution in [0.4, 0.5) is 0 Å². The molecule has 2 rings (SSSR count). The third-order valence-electron chi connectivity index (χ3n) is 3.43. The Labute approximate surface area is 101 Å². The van der Waals surface area contributed by atoms with Crippen LogP contribution in [0.5, 0.6) is 0 Å². The molecule has 0 amide bonds. The van der Waals surface area contributed by atoms with Gasteiger partial charge in [-0.1, -0.05) is 24.4 Å². The minimum Gasteiger partial charge on any atom is -0.299 e. The topological polar surface area (TPSA) is 34.9 Å². The number of aryl methyl sites for hydroxylation is 2. The number of hydrogen-bond acceptors (Lipinski definition) is 2. The van der Waals surface area contributed by atoms with Gasteiger partial charge in [0.05, 0.1) is 5.69 Å². The molecule has 0 N–H and O–H groups in total. The van der Waals surface area contributed by atoms with Gasteiger partial charge in [-0.2, -0.15) is 5.10 Å². The second kappa shape index (κ2) is 4.58. The Morgan fingerprint density at radius 1 is 1.50 bits per heavy atom. The van der Waals surface area contributed by atoms with E-state index in [9.17, 15) is 4.79 Å². The predicted molar refractivity (Wildman–Crippen MR) is 63.6 cm³/mol. The van der Waals surface area contributed by atoms with Gasteiger partial charge in [0.15, 0.2) is 0 Å². The Hall–Kier alpha value is -0.830. The lowest BCUT2D eigenvalue weighted by Gasteiger charge is -2.07. The zero-order chi connectivity index (χ0) is 11.7. The van der Waals surface area contributed by atoms with Crippen molar-refractivity contribution in [2.24, 2.45) is 13.0 Å². The van der Waals surface area contributed by atoms with Crippen molar-refractivity contribution in [3.05, 3.63) is 16.4 Å². The van der Waals surface area contributed by atoms with Crippen molar-refractivity contribution in [1.29, 1.82) is 0 Å². The van der Waals surface area contributed by atoms with Gasteiger partial charge in [0, 0.05) is 24.9 Å². The van der Waals surface area contributed by atoms with Gasteiger partial charge in [0.2, 0.25) is 0 Å². The molecule has 1 aromatic heterocycles. The summed E-state index contributed by atoms with van der Waals surface area (Å²) in [6.45, 7) is 1.91. The Bertz CT molecular complexity index is 405. The van der Waals surface area contributed by atoms with E-state index < -0.39 is 0 Å². The molecule has 88 valence electrons. The number of carbonyl (C=O) groups excluding carboxylic acids is 1. The van der Waals surface area contributed by atoms with E-state index in [-0.39, 0.29) is 5.92 Å². The highest BCUT2D eigenvalue weighted by Crippen LogP contribution is 2.28. The second-order valence-corrected chi connectivity index (χ2v) is 4.96. The zero-order valence-corrected chi connectivity index (χ0v) is 10.5. The molecule has 1 aromatic rings. The monoisotopic (exact) mass is 240 g/mol. The van der Waals surface area contributed by atoms with Gasteiger partial charge in [-0.25, -0.2) is 0 Å². The number of nitrogens with zero attached hydrogens (tertiary/aromatic N) is 2. The van der Waals surface area contributed by atoms with Gasteiger partial charge in [-0.05, 0) is 19.8 Å². The van der Waals surface area contributed by atoms with Crippen LogP contribution in [0.25, 0.3) is 0 Å². The first-order chi connectivity index (χ1) is 7.59. The molecule has 0 radical (unpaired) electrons. The van der Waals surface area contributed by atoms with E-state index >= 15 is 0 Å². The summed E-state index contributed by atoms with van der Waals surface area (Å²) in [7, 11) is 1.80. The molecule has 0 aliphatic heterocycles. The quantitative estimate of drug-likeness (QED) is 0.814. The van der Waals surface area contributed by atoms with Crippen LogP contribution in [-0.4, -0.2) is 15.6 Å². The predicted octanol–water partition coefficient (Wildman–Crippen LogP) is 2.68. The minimum absolute atomic E-state index is 0.260. The van der Waals surface area contributed by atoms with Gasteiger partial charge >= 0.3 is 0 Å². The number of hydrogen-bond donors (Lipinski definition) is 0. The lowest BCUT2D eigenvalue weighted by molar-refractivity contribution is -0.122. The number of ketones is 1. The van der Waals surface area contributed by atoms with Crippen molar-refractivity contribution in [2.75, 3.05) is 0 Å². The maximum atomic E-state index is 12.0. The van der Waals surface area contributed by atoms with Gasteiger partial charge < -0.3 is 0 Å². The average Bonchev–Trinajstić information content (AvgIpc) is 2.83. The van der Waals surface area contributed by atoms with E-state index in [1.807, 2.05) is 6.92 Å². The molecule has 0 saturated heterocycles. The maximum Gasteiger partial charge on any atom is 0.140 e. The fraction of sp³-hybridized carbons (Fsp3) is 0.667. The summed E-state index contributed by atoms with van der Waals surface area (Å²) in [4.78, 5) is 12.0. The maximum absolute atomic E-state index is 12.0. The lowest BCUT2D eigenvalue weighted by atomic mass is 9.97. The van der Waals surface area contributed by atoms with E-state index in [4.69, 9.17) is 11.6 Å². The molecule has 0 spiro atoms. The molecule has 1 aliphatic carbocycles. The molecule has 0 bridgehead atoms. The molecular weight excluding hydrogens is 224 g/mol. The van der Waals surface area contributed by atoms with Crippen molar-refractivity contribution in [3.63, 3.8) is 0 Å². The Morgan fingerprint density at radius 2 is 2.12 bits per heavy atom. The first-order valence-corrected chi connectivity index (χ1v) is 6.18. The lowest BCUT2D eigenvalue weighted by Crippen LogP contribution is -2.13. The van der Waals surface area contributed by atoms with Crippen LogP contribution in [0.15, 0.2) is 0 Å². The molecule has 1 heterocycles. The van der Waals surface area contributed by atoms with Crippen LogP contribution in [-0.2, 0) is 18.3 Å². The molecule has 4 heteroatoms. The smallest absolute Gasteiger partial charge is 0.140 e. The van der Waals surface area contributed by atoms with Gasteiger partial charge in [0.25, 0.3) is 0 Å². The van der Waals surface area contributed by atoms with E-state index in [0.29, 0.717) is 17.4 Å². The van der Waals surface area contributed by atoms with Crippen LogP contribution in [0.2, 0.25) is 5.15 Å². The minimum atomic E-state index is 0.260. The van der Waals surface area contributed by atoms with E-state index in [1.54, 1.807) is 11.7 Å². The van der Waals surface area contributed by atoms with Gasteiger partial charge in [-0.15, -0.1) is 0 Å². The molecule has 1 saturated carbocycles. The summed E-state index contributed by atoms with van der Waals surface area (Å²) in [5.74, 6) is 0.589. The average molecular weight is 241 g/mol. The van der Waals surface area contributed by atoms with Crippen molar-refractivity contribution in [1.82, 2.24) is 9.78 Å². The van der Waals surface area contributed by atoms with E-state index in [1.165, 1.54) is 12.8 Å². The van der Waals surface area contributed by atoms with Crippen LogP contribution < -0.4 is 0 Å². The summed E-state index contributed by atoms with van der Waals surface area (Å²) < 4.78 is 1.63. The van der Waals surface area contributed by atoms with Gasteiger partial charge in [-0.3, -0.25) is 9.48 Å². The highest BCUT2D eigenvalue weighted by Gasteiger charge is 2.24. The zero-order valence-electron chi connectivity index (χ0n) is 9.79. The van der Waals surface area contributed by atoms with Crippen molar-refractivity contribution < 1.29 is 4.79 Å². The molecule has 1 aliphatic rings. The first kappa shape index (κ1) is 11.6. The normalized spacial score (nSPS) is 16.9. The summed E-state index contributed by atoms with van der Waals surface area (Å²) in [5, 5.41) is 4.82. The molecule has 1 fully saturated rings. The molecule has 0 atom stereocenters.